The molecule has 114 valence electrons. The summed E-state index contributed by atoms with van der Waals surface area (Å²) < 4.78 is 2.30. The third-order valence-electron chi connectivity index (χ3n) is 4.26. The first-order valence-corrected chi connectivity index (χ1v) is 8.82. The maximum absolute atomic E-state index is 12.5. The van der Waals surface area contributed by atoms with Crippen molar-refractivity contribution in [3.63, 3.8) is 0 Å². The minimum Gasteiger partial charge on any atom is -0.303 e. The second-order valence-corrected chi connectivity index (χ2v) is 7.51. The maximum atomic E-state index is 12.5. The van der Waals surface area contributed by atoms with Gasteiger partial charge in [0, 0.05) is 17.5 Å². The molecule has 1 unspecified atom stereocenters. The van der Waals surface area contributed by atoms with E-state index < -0.39 is 0 Å². The first-order valence-electron chi connectivity index (χ1n) is 7.94. The van der Waals surface area contributed by atoms with Crippen LogP contribution in [0.15, 0.2) is 35.5 Å². The molecule has 22 heavy (non-hydrogen) atoms. The second-order valence-electron chi connectivity index (χ2n) is 6.21. The number of benzene rings is 1. The monoisotopic (exact) mass is 313 g/mol. The molecular weight excluding hydrogens is 294 g/mol. The van der Waals surface area contributed by atoms with E-state index in [-0.39, 0.29) is 11.0 Å². The summed E-state index contributed by atoms with van der Waals surface area (Å²) in [5.74, 6) is 1.90. The molecule has 0 spiro atoms. The number of ketones is 1. The Bertz CT molecular complexity index is 689. The summed E-state index contributed by atoms with van der Waals surface area (Å²) in [4.78, 5) is 12.5. The molecule has 1 atom stereocenters. The summed E-state index contributed by atoms with van der Waals surface area (Å²) in [5, 5.41) is 9.56. The highest BCUT2D eigenvalue weighted by atomic mass is 32.2. The van der Waals surface area contributed by atoms with Crippen molar-refractivity contribution in [3.8, 4) is 0 Å². The van der Waals surface area contributed by atoms with Crippen LogP contribution in [-0.4, -0.2) is 25.8 Å². The average Bonchev–Trinajstić information content (AvgIpc) is 3.46. The van der Waals surface area contributed by atoms with Gasteiger partial charge in [0.05, 0.1) is 5.25 Å². The molecule has 0 amide bonds. The zero-order valence-electron chi connectivity index (χ0n) is 12.6. The summed E-state index contributed by atoms with van der Waals surface area (Å²) in [6.45, 7) is 1.96. The van der Waals surface area contributed by atoms with Gasteiger partial charge in [-0.3, -0.25) is 4.79 Å². The van der Waals surface area contributed by atoms with Crippen molar-refractivity contribution in [2.75, 3.05) is 0 Å². The Labute approximate surface area is 134 Å². The molecule has 4 rings (SSSR count). The van der Waals surface area contributed by atoms with E-state index in [0.717, 1.165) is 16.5 Å². The van der Waals surface area contributed by atoms with Crippen LogP contribution in [-0.2, 0) is 0 Å². The first-order chi connectivity index (χ1) is 10.7. The van der Waals surface area contributed by atoms with Crippen LogP contribution >= 0.6 is 11.8 Å². The average molecular weight is 313 g/mol. The van der Waals surface area contributed by atoms with E-state index >= 15 is 0 Å². The summed E-state index contributed by atoms with van der Waals surface area (Å²) in [5.41, 5.74) is 0.766. The molecule has 2 aromatic rings. The van der Waals surface area contributed by atoms with Crippen molar-refractivity contribution in [3.05, 3.63) is 41.7 Å². The van der Waals surface area contributed by atoms with Crippen molar-refractivity contribution < 1.29 is 4.79 Å². The van der Waals surface area contributed by atoms with Crippen LogP contribution in [0.1, 0.15) is 60.7 Å². The molecule has 0 radical (unpaired) electrons. The lowest BCUT2D eigenvalue weighted by molar-refractivity contribution is 0.0994. The van der Waals surface area contributed by atoms with Crippen LogP contribution in [0.2, 0.25) is 0 Å². The van der Waals surface area contributed by atoms with Crippen LogP contribution in [0, 0.1) is 0 Å². The zero-order chi connectivity index (χ0) is 15.1. The smallest absolute Gasteiger partial charge is 0.192 e. The molecule has 0 bridgehead atoms. The molecular formula is C17H19N3OS. The first kappa shape index (κ1) is 14.0. The van der Waals surface area contributed by atoms with E-state index in [1.54, 1.807) is 11.8 Å². The number of Topliss-reactive ketones (excluding diaryl/α,β-unsaturated/α-hetero) is 1. The SMILES string of the molecule is CC(Sc1nnc(C2CC2)n1C1CC1)C(=O)c1ccccc1. The van der Waals surface area contributed by atoms with Gasteiger partial charge in [-0.2, -0.15) is 0 Å². The van der Waals surface area contributed by atoms with E-state index in [9.17, 15) is 4.79 Å². The van der Waals surface area contributed by atoms with E-state index in [4.69, 9.17) is 0 Å². The predicted molar refractivity (Wildman–Crippen MR) is 86.4 cm³/mol. The van der Waals surface area contributed by atoms with Crippen LogP contribution in [0.3, 0.4) is 0 Å². The highest BCUT2D eigenvalue weighted by Crippen LogP contribution is 2.46. The number of hydrogen-bond donors (Lipinski definition) is 0. The minimum atomic E-state index is -0.142. The molecule has 0 saturated heterocycles. The third kappa shape index (κ3) is 2.70. The maximum Gasteiger partial charge on any atom is 0.192 e. The second kappa shape index (κ2) is 5.54. The number of hydrogen-bond acceptors (Lipinski definition) is 4. The molecule has 2 aliphatic carbocycles. The van der Waals surface area contributed by atoms with E-state index in [1.165, 1.54) is 25.7 Å². The Hall–Kier alpha value is -1.62. The Balaban J connectivity index is 1.54. The minimum absolute atomic E-state index is 0.142. The lowest BCUT2D eigenvalue weighted by atomic mass is 10.1. The number of rotatable bonds is 6. The highest BCUT2D eigenvalue weighted by molar-refractivity contribution is 8.00. The Kier molecular flexibility index (Phi) is 3.53. The van der Waals surface area contributed by atoms with Gasteiger partial charge in [0.15, 0.2) is 10.9 Å². The molecule has 1 aromatic carbocycles. The number of carbonyl (C=O) groups is 1. The standard InChI is InChI=1S/C17H19N3OS/c1-11(15(21)12-5-3-2-4-6-12)22-17-19-18-16(13-7-8-13)20(17)14-9-10-14/h2-6,11,13-14H,7-10H2,1H3. The lowest BCUT2D eigenvalue weighted by Gasteiger charge is -2.12. The summed E-state index contributed by atoms with van der Waals surface area (Å²) >= 11 is 1.55. The van der Waals surface area contributed by atoms with E-state index in [0.29, 0.717) is 12.0 Å². The van der Waals surface area contributed by atoms with Crippen LogP contribution < -0.4 is 0 Å². The molecule has 0 aliphatic heterocycles. The molecule has 2 saturated carbocycles. The van der Waals surface area contributed by atoms with Gasteiger partial charge in [-0.05, 0) is 32.6 Å². The van der Waals surface area contributed by atoms with Crippen LogP contribution in [0.25, 0.3) is 0 Å². The van der Waals surface area contributed by atoms with Gasteiger partial charge in [-0.25, -0.2) is 0 Å². The summed E-state index contributed by atoms with van der Waals surface area (Å²) in [7, 11) is 0. The van der Waals surface area contributed by atoms with Gasteiger partial charge in [-0.1, -0.05) is 42.1 Å². The summed E-state index contributed by atoms with van der Waals surface area (Å²) in [6, 6.07) is 10.1. The topological polar surface area (TPSA) is 47.8 Å². The number of carbonyl (C=O) groups excluding carboxylic acids is 1. The fraction of sp³-hybridized carbons (Fsp3) is 0.471. The van der Waals surface area contributed by atoms with E-state index in [1.807, 2.05) is 37.3 Å². The fourth-order valence-electron chi connectivity index (χ4n) is 2.71. The van der Waals surface area contributed by atoms with Crippen molar-refractivity contribution in [2.45, 2.75) is 55.0 Å². The van der Waals surface area contributed by atoms with Crippen molar-refractivity contribution in [1.82, 2.24) is 14.8 Å². The van der Waals surface area contributed by atoms with E-state index in [2.05, 4.69) is 14.8 Å². The van der Waals surface area contributed by atoms with Gasteiger partial charge >= 0.3 is 0 Å². The third-order valence-corrected chi connectivity index (χ3v) is 5.31. The van der Waals surface area contributed by atoms with Gasteiger partial charge < -0.3 is 4.57 Å². The largest absolute Gasteiger partial charge is 0.303 e. The Morgan fingerprint density at radius 3 is 2.55 bits per heavy atom. The zero-order valence-corrected chi connectivity index (χ0v) is 13.4. The summed E-state index contributed by atoms with van der Waals surface area (Å²) in [6.07, 6.45) is 4.89. The van der Waals surface area contributed by atoms with Crippen LogP contribution in [0.4, 0.5) is 0 Å². The quantitative estimate of drug-likeness (QED) is 0.600. The molecule has 5 heteroatoms. The number of aromatic nitrogens is 3. The molecule has 1 aromatic heterocycles. The molecule has 2 aliphatic rings. The normalized spacial score (nSPS) is 19.1. The highest BCUT2D eigenvalue weighted by Gasteiger charge is 2.37. The van der Waals surface area contributed by atoms with Crippen molar-refractivity contribution in [1.29, 1.82) is 0 Å². The lowest BCUT2D eigenvalue weighted by Crippen LogP contribution is -2.14. The Morgan fingerprint density at radius 2 is 1.91 bits per heavy atom. The van der Waals surface area contributed by atoms with Crippen molar-refractivity contribution in [2.24, 2.45) is 0 Å². The van der Waals surface area contributed by atoms with Gasteiger partial charge in [-0.15, -0.1) is 10.2 Å². The number of thioether (sulfide) groups is 1. The molecule has 2 fully saturated rings. The van der Waals surface area contributed by atoms with Gasteiger partial charge in [0.1, 0.15) is 5.82 Å². The van der Waals surface area contributed by atoms with Crippen molar-refractivity contribution >= 4 is 17.5 Å². The van der Waals surface area contributed by atoms with Gasteiger partial charge in [0.25, 0.3) is 0 Å². The molecule has 4 nitrogen and oxygen atoms in total. The predicted octanol–water partition coefficient (Wildman–Crippen LogP) is 3.85. The molecule has 0 N–H and O–H groups in total. The Morgan fingerprint density at radius 1 is 1.18 bits per heavy atom. The fourth-order valence-corrected chi connectivity index (χ4v) is 3.72. The number of nitrogens with zero attached hydrogens (tertiary/aromatic N) is 3. The molecule has 1 heterocycles. The van der Waals surface area contributed by atoms with Gasteiger partial charge in [0.2, 0.25) is 0 Å². The van der Waals surface area contributed by atoms with Crippen LogP contribution in [0.5, 0.6) is 0 Å².